The highest BCUT2D eigenvalue weighted by Gasteiger charge is 2.44. The highest BCUT2D eigenvalue weighted by Crippen LogP contribution is 2.32. The number of β-amino-alcohol motifs (C(OH)–C–C–N with tert-alkyl or cyclic N) is 1. The van der Waals surface area contributed by atoms with E-state index in [0.717, 1.165) is 28.1 Å². The molecule has 7 heteroatoms. The number of hydrogen-bond acceptors (Lipinski definition) is 6. The van der Waals surface area contributed by atoms with Gasteiger partial charge in [-0.25, -0.2) is 9.97 Å². The fourth-order valence-corrected chi connectivity index (χ4v) is 3.32. The molecule has 7 nitrogen and oxygen atoms in total. The van der Waals surface area contributed by atoms with E-state index in [1.54, 1.807) is 38.2 Å². The summed E-state index contributed by atoms with van der Waals surface area (Å²) in [5, 5.41) is 10.8. The molecule has 0 bridgehead atoms. The lowest BCUT2D eigenvalue weighted by molar-refractivity contribution is 0.0541. The van der Waals surface area contributed by atoms with E-state index in [-0.39, 0.29) is 0 Å². The van der Waals surface area contributed by atoms with Crippen molar-refractivity contribution in [2.45, 2.75) is 12.5 Å². The van der Waals surface area contributed by atoms with Gasteiger partial charge in [-0.3, -0.25) is 14.5 Å². The number of fused-ring (bicyclic) bond motifs is 1. The molecule has 0 spiro atoms. The summed E-state index contributed by atoms with van der Waals surface area (Å²) in [6, 6.07) is 5.88. The van der Waals surface area contributed by atoms with E-state index in [0.29, 0.717) is 13.1 Å². The molecule has 4 heterocycles. The molecule has 0 aliphatic carbocycles. The van der Waals surface area contributed by atoms with E-state index in [2.05, 4.69) is 24.8 Å². The molecule has 3 aromatic heterocycles. The van der Waals surface area contributed by atoms with Crippen molar-refractivity contribution < 1.29 is 5.11 Å². The standard InChI is InChI=1S/C19H20N6O/c1-3-14(9-20-2)19(26)11-24(12-19)18-8-17-16(10-22-18)23-13-25(17)15-4-6-21-7-5-15/h3-10,13,26H,11-12H2,1-2H3/b14-3+,20-9?. The van der Waals surface area contributed by atoms with Gasteiger partial charge < -0.3 is 10.0 Å². The predicted octanol–water partition coefficient (Wildman–Crippen LogP) is 2.01. The molecule has 1 saturated heterocycles. The van der Waals surface area contributed by atoms with Gasteiger partial charge in [-0.15, -0.1) is 0 Å². The van der Waals surface area contributed by atoms with Crippen molar-refractivity contribution >= 4 is 23.1 Å². The smallest absolute Gasteiger partial charge is 0.130 e. The second-order valence-corrected chi connectivity index (χ2v) is 6.37. The molecule has 26 heavy (non-hydrogen) atoms. The van der Waals surface area contributed by atoms with Crippen LogP contribution in [0.3, 0.4) is 0 Å². The van der Waals surface area contributed by atoms with Crippen LogP contribution in [0.1, 0.15) is 6.92 Å². The summed E-state index contributed by atoms with van der Waals surface area (Å²) in [5.41, 5.74) is 2.75. The number of nitrogens with zero attached hydrogens (tertiary/aromatic N) is 6. The number of anilines is 1. The van der Waals surface area contributed by atoms with Crippen LogP contribution >= 0.6 is 0 Å². The second kappa shape index (κ2) is 6.34. The summed E-state index contributed by atoms with van der Waals surface area (Å²) < 4.78 is 2.01. The largest absolute Gasteiger partial charge is 0.381 e. The number of allylic oxidation sites excluding steroid dienone is 1. The van der Waals surface area contributed by atoms with Crippen LogP contribution in [0.15, 0.2) is 59.8 Å². The number of aliphatic hydroxyl groups is 1. The van der Waals surface area contributed by atoms with Gasteiger partial charge in [-0.2, -0.15) is 0 Å². The molecule has 0 saturated carbocycles. The average Bonchev–Trinajstić information content (AvgIpc) is 3.07. The molecular formula is C19H20N6O. The summed E-state index contributed by atoms with van der Waals surface area (Å²) in [5.74, 6) is 0.821. The Bertz CT molecular complexity index is 986. The molecule has 132 valence electrons. The molecule has 4 rings (SSSR count). The van der Waals surface area contributed by atoms with Gasteiger partial charge in [0.2, 0.25) is 0 Å². The first-order valence-corrected chi connectivity index (χ1v) is 8.44. The van der Waals surface area contributed by atoms with Crippen LogP contribution < -0.4 is 4.90 Å². The summed E-state index contributed by atoms with van der Waals surface area (Å²) >= 11 is 0. The summed E-state index contributed by atoms with van der Waals surface area (Å²) in [6.07, 6.45) is 10.7. The summed E-state index contributed by atoms with van der Waals surface area (Å²) in [7, 11) is 1.71. The molecule has 1 N–H and O–H groups in total. The van der Waals surface area contributed by atoms with Crippen LogP contribution in [0, 0.1) is 0 Å². The summed E-state index contributed by atoms with van der Waals surface area (Å²) in [6.45, 7) is 2.89. The quantitative estimate of drug-likeness (QED) is 0.730. The van der Waals surface area contributed by atoms with Gasteiger partial charge in [-0.05, 0) is 19.1 Å². The predicted molar refractivity (Wildman–Crippen MR) is 102 cm³/mol. The van der Waals surface area contributed by atoms with E-state index in [1.165, 1.54) is 0 Å². The topological polar surface area (TPSA) is 79.4 Å². The van der Waals surface area contributed by atoms with Crippen LogP contribution in [-0.2, 0) is 0 Å². The van der Waals surface area contributed by atoms with Gasteiger partial charge >= 0.3 is 0 Å². The minimum absolute atomic E-state index is 0.487. The SMILES string of the molecule is C/C=C(\C=NC)C1(O)CN(c2cc3c(cn2)ncn3-c2ccncc2)C1. The minimum Gasteiger partial charge on any atom is -0.381 e. The average molecular weight is 348 g/mol. The molecule has 1 aliphatic rings. The number of hydrogen-bond donors (Lipinski definition) is 1. The fourth-order valence-electron chi connectivity index (χ4n) is 3.32. The highest BCUT2D eigenvalue weighted by molar-refractivity contribution is 5.83. The Labute approximate surface area is 151 Å². The number of pyridine rings is 2. The van der Waals surface area contributed by atoms with Crippen molar-refractivity contribution in [1.82, 2.24) is 19.5 Å². The Morgan fingerprint density at radius 2 is 2.04 bits per heavy atom. The van der Waals surface area contributed by atoms with Crippen LogP contribution in [0.5, 0.6) is 0 Å². The van der Waals surface area contributed by atoms with E-state index >= 15 is 0 Å². The first-order valence-electron chi connectivity index (χ1n) is 8.44. The fraction of sp³-hybridized carbons (Fsp3) is 0.263. The Balaban J connectivity index is 1.63. The van der Waals surface area contributed by atoms with Gasteiger partial charge in [-0.1, -0.05) is 6.08 Å². The Hall–Kier alpha value is -3.06. The van der Waals surface area contributed by atoms with Gasteiger partial charge in [0.05, 0.1) is 30.5 Å². The Morgan fingerprint density at radius 3 is 2.73 bits per heavy atom. The van der Waals surface area contributed by atoms with Crippen LogP contribution in [0.4, 0.5) is 5.82 Å². The zero-order chi connectivity index (χ0) is 18.1. The zero-order valence-corrected chi connectivity index (χ0v) is 14.7. The normalized spacial score (nSPS) is 17.0. The van der Waals surface area contributed by atoms with Crippen LogP contribution in [0.25, 0.3) is 16.7 Å². The van der Waals surface area contributed by atoms with E-state index < -0.39 is 5.60 Å². The molecule has 1 fully saturated rings. The Morgan fingerprint density at radius 1 is 1.27 bits per heavy atom. The van der Waals surface area contributed by atoms with Gasteiger partial charge in [0.15, 0.2) is 0 Å². The molecule has 0 unspecified atom stereocenters. The maximum absolute atomic E-state index is 10.8. The number of imidazole rings is 1. The number of rotatable bonds is 4. The van der Waals surface area contributed by atoms with Crippen molar-refractivity contribution in [2.75, 3.05) is 25.0 Å². The Kier molecular flexibility index (Phi) is 4.00. The number of aliphatic imine (C=N–C) groups is 1. The molecular weight excluding hydrogens is 328 g/mol. The monoisotopic (exact) mass is 348 g/mol. The number of aromatic nitrogens is 4. The molecule has 0 radical (unpaired) electrons. The molecule has 3 aromatic rings. The molecule has 0 amide bonds. The molecule has 0 aromatic carbocycles. The maximum Gasteiger partial charge on any atom is 0.130 e. The van der Waals surface area contributed by atoms with E-state index in [9.17, 15) is 5.11 Å². The zero-order valence-electron chi connectivity index (χ0n) is 14.7. The third-order valence-electron chi connectivity index (χ3n) is 4.71. The molecule has 0 atom stereocenters. The lowest BCUT2D eigenvalue weighted by Gasteiger charge is -2.47. The summed E-state index contributed by atoms with van der Waals surface area (Å²) in [4.78, 5) is 19.1. The minimum atomic E-state index is -0.879. The van der Waals surface area contributed by atoms with E-state index in [4.69, 9.17) is 0 Å². The van der Waals surface area contributed by atoms with Gasteiger partial charge in [0.25, 0.3) is 0 Å². The third-order valence-corrected chi connectivity index (χ3v) is 4.71. The van der Waals surface area contributed by atoms with Crippen molar-refractivity contribution in [3.8, 4) is 5.69 Å². The van der Waals surface area contributed by atoms with Crippen molar-refractivity contribution in [2.24, 2.45) is 4.99 Å². The molecule has 1 aliphatic heterocycles. The second-order valence-electron chi connectivity index (χ2n) is 6.37. The first-order chi connectivity index (χ1) is 12.6. The van der Waals surface area contributed by atoms with Gasteiger partial charge in [0, 0.05) is 37.3 Å². The van der Waals surface area contributed by atoms with Crippen molar-refractivity contribution in [3.63, 3.8) is 0 Å². The van der Waals surface area contributed by atoms with E-state index in [1.807, 2.05) is 35.8 Å². The van der Waals surface area contributed by atoms with Gasteiger partial charge in [0.1, 0.15) is 23.3 Å². The van der Waals surface area contributed by atoms with Crippen molar-refractivity contribution in [3.05, 3.63) is 54.8 Å². The van der Waals surface area contributed by atoms with Crippen LogP contribution in [0.2, 0.25) is 0 Å². The van der Waals surface area contributed by atoms with Crippen molar-refractivity contribution in [1.29, 1.82) is 0 Å². The maximum atomic E-state index is 10.8. The van der Waals surface area contributed by atoms with Crippen LogP contribution in [-0.4, -0.2) is 56.6 Å². The first kappa shape index (κ1) is 16.4. The third kappa shape index (κ3) is 2.66. The lowest BCUT2D eigenvalue weighted by Crippen LogP contribution is -2.63. The lowest BCUT2D eigenvalue weighted by atomic mass is 9.86. The highest BCUT2D eigenvalue weighted by atomic mass is 16.3.